The molecule has 0 aliphatic rings. The van der Waals surface area contributed by atoms with Crippen LogP contribution >= 0.6 is 11.6 Å². The van der Waals surface area contributed by atoms with Crippen molar-refractivity contribution in [3.8, 4) is 6.07 Å². The van der Waals surface area contributed by atoms with Crippen LogP contribution in [0.5, 0.6) is 0 Å². The number of halogens is 1. The van der Waals surface area contributed by atoms with Crippen LogP contribution in [-0.2, 0) is 0 Å². The van der Waals surface area contributed by atoms with Crippen LogP contribution < -0.4 is 4.90 Å². The van der Waals surface area contributed by atoms with Crippen LogP contribution in [0.4, 0.5) is 11.5 Å². The van der Waals surface area contributed by atoms with E-state index in [9.17, 15) is 0 Å². The van der Waals surface area contributed by atoms with Gasteiger partial charge in [0.05, 0.1) is 5.56 Å². The third-order valence-electron chi connectivity index (χ3n) is 2.43. The van der Waals surface area contributed by atoms with Crippen molar-refractivity contribution < 1.29 is 0 Å². The van der Waals surface area contributed by atoms with E-state index in [4.69, 9.17) is 16.9 Å². The summed E-state index contributed by atoms with van der Waals surface area (Å²) in [5, 5.41) is 9.40. The maximum atomic E-state index is 8.70. The van der Waals surface area contributed by atoms with E-state index in [0.717, 1.165) is 11.5 Å². The summed E-state index contributed by atoms with van der Waals surface area (Å²) in [6.45, 7) is 0. The van der Waals surface area contributed by atoms with Gasteiger partial charge in [-0.1, -0.05) is 11.6 Å². The Morgan fingerprint density at radius 3 is 2.41 bits per heavy atom. The molecule has 2 rings (SSSR count). The van der Waals surface area contributed by atoms with Gasteiger partial charge in [-0.15, -0.1) is 0 Å². The topological polar surface area (TPSA) is 39.9 Å². The molecule has 0 saturated heterocycles. The molecule has 0 aliphatic carbocycles. The first-order chi connectivity index (χ1) is 8.20. The zero-order chi connectivity index (χ0) is 12.3. The number of hydrogen-bond acceptors (Lipinski definition) is 3. The predicted molar refractivity (Wildman–Crippen MR) is 68.5 cm³/mol. The fourth-order valence-corrected chi connectivity index (χ4v) is 1.57. The number of hydrogen-bond donors (Lipinski definition) is 0. The molecule has 3 nitrogen and oxygen atoms in total. The fraction of sp³-hybridized carbons (Fsp3) is 0.0769. The Bertz CT molecular complexity index is 540. The molecule has 0 N–H and O–H groups in total. The molecular weight excluding hydrogens is 234 g/mol. The molecule has 0 fully saturated rings. The lowest BCUT2D eigenvalue weighted by Gasteiger charge is -2.18. The Hall–Kier alpha value is -2.05. The molecule has 1 aromatic heterocycles. The molecule has 0 amide bonds. The molecule has 0 saturated carbocycles. The molecule has 0 bridgehead atoms. The average Bonchev–Trinajstić information content (AvgIpc) is 2.39. The van der Waals surface area contributed by atoms with Crippen LogP contribution in [0.1, 0.15) is 5.56 Å². The van der Waals surface area contributed by atoms with E-state index in [1.165, 1.54) is 0 Å². The minimum absolute atomic E-state index is 0.554. The van der Waals surface area contributed by atoms with E-state index in [1.807, 2.05) is 48.3 Å². The largest absolute Gasteiger partial charge is 0.329 e. The van der Waals surface area contributed by atoms with E-state index in [2.05, 4.69) is 4.98 Å². The zero-order valence-corrected chi connectivity index (χ0v) is 10.0. The summed E-state index contributed by atoms with van der Waals surface area (Å²) < 4.78 is 0. The number of pyridine rings is 1. The van der Waals surface area contributed by atoms with Gasteiger partial charge in [-0.25, -0.2) is 4.98 Å². The highest BCUT2D eigenvalue weighted by molar-refractivity contribution is 6.30. The Labute approximate surface area is 105 Å². The van der Waals surface area contributed by atoms with Gasteiger partial charge in [0.1, 0.15) is 11.9 Å². The summed E-state index contributed by atoms with van der Waals surface area (Å²) in [6, 6.07) is 13.1. The highest BCUT2D eigenvalue weighted by atomic mass is 35.5. The Morgan fingerprint density at radius 1 is 1.18 bits per heavy atom. The molecule has 2 aromatic rings. The Morgan fingerprint density at radius 2 is 1.88 bits per heavy atom. The SMILES string of the molecule is CN(c1ccc(Cl)cc1)c1ccc(C#N)cn1. The van der Waals surface area contributed by atoms with Gasteiger partial charge < -0.3 is 4.90 Å². The zero-order valence-electron chi connectivity index (χ0n) is 9.26. The minimum atomic E-state index is 0.554. The van der Waals surface area contributed by atoms with Crippen molar-refractivity contribution in [2.24, 2.45) is 0 Å². The molecule has 0 radical (unpaired) electrons. The van der Waals surface area contributed by atoms with E-state index in [-0.39, 0.29) is 0 Å². The summed E-state index contributed by atoms with van der Waals surface area (Å²) in [4.78, 5) is 6.15. The summed E-state index contributed by atoms with van der Waals surface area (Å²) in [6.07, 6.45) is 1.56. The van der Waals surface area contributed by atoms with Gasteiger partial charge in [0.15, 0.2) is 0 Å². The second-order valence-corrected chi connectivity index (χ2v) is 3.99. The van der Waals surface area contributed by atoms with Crippen LogP contribution in [-0.4, -0.2) is 12.0 Å². The molecule has 17 heavy (non-hydrogen) atoms. The first-order valence-electron chi connectivity index (χ1n) is 5.06. The van der Waals surface area contributed by atoms with Gasteiger partial charge in [-0.2, -0.15) is 5.26 Å². The van der Waals surface area contributed by atoms with Gasteiger partial charge in [-0.05, 0) is 36.4 Å². The molecule has 84 valence electrons. The molecule has 0 spiro atoms. The lowest BCUT2D eigenvalue weighted by molar-refractivity contribution is 1.12. The summed E-state index contributed by atoms with van der Waals surface area (Å²) in [7, 11) is 1.91. The second-order valence-electron chi connectivity index (χ2n) is 3.55. The Balaban J connectivity index is 2.27. The van der Waals surface area contributed by atoms with Crippen molar-refractivity contribution in [2.75, 3.05) is 11.9 Å². The van der Waals surface area contributed by atoms with Crippen LogP contribution in [0, 0.1) is 11.3 Å². The monoisotopic (exact) mass is 243 g/mol. The summed E-state index contributed by atoms with van der Waals surface area (Å²) in [5.74, 6) is 0.784. The van der Waals surface area contributed by atoms with Gasteiger partial charge in [0, 0.05) is 24.0 Å². The third-order valence-corrected chi connectivity index (χ3v) is 2.69. The van der Waals surface area contributed by atoms with Crippen molar-refractivity contribution in [1.29, 1.82) is 5.26 Å². The number of aromatic nitrogens is 1. The molecular formula is C13H10ClN3. The molecule has 0 atom stereocenters. The molecule has 1 heterocycles. The second kappa shape index (κ2) is 4.86. The number of nitriles is 1. The van der Waals surface area contributed by atoms with E-state index >= 15 is 0 Å². The minimum Gasteiger partial charge on any atom is -0.329 e. The first kappa shape index (κ1) is 11.4. The normalized spacial score (nSPS) is 9.71. The number of nitrogens with zero attached hydrogens (tertiary/aromatic N) is 3. The third kappa shape index (κ3) is 2.55. The number of anilines is 2. The highest BCUT2D eigenvalue weighted by Crippen LogP contribution is 2.23. The van der Waals surface area contributed by atoms with Gasteiger partial charge >= 0.3 is 0 Å². The molecule has 4 heteroatoms. The van der Waals surface area contributed by atoms with Crippen molar-refractivity contribution in [1.82, 2.24) is 4.98 Å². The maximum Gasteiger partial charge on any atom is 0.132 e. The van der Waals surface area contributed by atoms with E-state index in [0.29, 0.717) is 10.6 Å². The van der Waals surface area contributed by atoms with Crippen molar-refractivity contribution in [3.63, 3.8) is 0 Å². The highest BCUT2D eigenvalue weighted by Gasteiger charge is 2.04. The first-order valence-corrected chi connectivity index (χ1v) is 5.44. The number of rotatable bonds is 2. The van der Waals surface area contributed by atoms with Crippen LogP contribution in [0.3, 0.4) is 0 Å². The average molecular weight is 244 g/mol. The van der Waals surface area contributed by atoms with Crippen molar-refractivity contribution in [2.45, 2.75) is 0 Å². The maximum absolute atomic E-state index is 8.70. The predicted octanol–water partition coefficient (Wildman–Crippen LogP) is 3.37. The van der Waals surface area contributed by atoms with E-state index in [1.54, 1.807) is 12.3 Å². The quantitative estimate of drug-likeness (QED) is 0.812. The van der Waals surface area contributed by atoms with Crippen molar-refractivity contribution >= 4 is 23.1 Å². The standard InChI is InChI=1S/C13H10ClN3/c1-17(12-5-3-11(14)4-6-12)13-7-2-10(8-15)9-16-13/h2-7,9H,1H3. The lowest BCUT2D eigenvalue weighted by Crippen LogP contribution is -2.10. The van der Waals surface area contributed by atoms with Gasteiger partial charge in [0.2, 0.25) is 0 Å². The van der Waals surface area contributed by atoms with Crippen LogP contribution in [0.15, 0.2) is 42.6 Å². The smallest absolute Gasteiger partial charge is 0.132 e. The van der Waals surface area contributed by atoms with Gasteiger partial charge in [0.25, 0.3) is 0 Å². The fourth-order valence-electron chi connectivity index (χ4n) is 1.45. The van der Waals surface area contributed by atoms with Crippen molar-refractivity contribution in [3.05, 3.63) is 53.2 Å². The molecule has 0 aliphatic heterocycles. The Kier molecular flexibility index (Phi) is 3.27. The van der Waals surface area contributed by atoms with Gasteiger partial charge in [-0.3, -0.25) is 0 Å². The summed E-state index contributed by atoms with van der Waals surface area (Å²) >= 11 is 5.83. The number of benzene rings is 1. The molecule has 1 aromatic carbocycles. The van der Waals surface area contributed by atoms with Crippen LogP contribution in [0.25, 0.3) is 0 Å². The van der Waals surface area contributed by atoms with Crippen LogP contribution in [0.2, 0.25) is 5.02 Å². The molecule has 0 unspecified atom stereocenters. The lowest BCUT2D eigenvalue weighted by atomic mass is 10.2. The van der Waals surface area contributed by atoms with E-state index < -0.39 is 0 Å². The summed E-state index contributed by atoms with van der Waals surface area (Å²) in [5.41, 5.74) is 1.55.